The largest absolute Gasteiger partial charge is 0.234 e. The predicted octanol–water partition coefficient (Wildman–Crippen LogP) is 2.88. The van der Waals surface area contributed by atoms with Gasteiger partial charge in [-0.1, -0.05) is 24.3 Å². The maximum Gasteiger partial charge on any atom is 0.234 e. The Balaban J connectivity index is 1.99. The zero-order chi connectivity index (χ0) is 9.54. The van der Waals surface area contributed by atoms with Gasteiger partial charge in [-0.2, -0.15) is 4.37 Å². The molecule has 1 atom stereocenters. The summed E-state index contributed by atoms with van der Waals surface area (Å²) < 4.78 is 3.99. The minimum atomic E-state index is 0.370. The summed E-state index contributed by atoms with van der Waals surface area (Å²) in [5.74, 6) is 0.427. The molecule has 0 N–H and O–H groups in total. The van der Waals surface area contributed by atoms with E-state index in [2.05, 4.69) is 33.6 Å². The molecule has 0 saturated heterocycles. The molecule has 2 nitrogen and oxygen atoms in total. The topological polar surface area (TPSA) is 25.8 Å². The average molecular weight is 223 g/mol. The summed E-state index contributed by atoms with van der Waals surface area (Å²) in [6.07, 6.45) is 1.07. The van der Waals surface area contributed by atoms with Crippen molar-refractivity contribution in [2.75, 3.05) is 0 Å². The van der Waals surface area contributed by atoms with Crippen LogP contribution in [0.2, 0.25) is 5.28 Å². The fourth-order valence-electron chi connectivity index (χ4n) is 1.84. The number of benzene rings is 1. The highest BCUT2D eigenvalue weighted by atomic mass is 35.5. The van der Waals surface area contributed by atoms with E-state index in [0.717, 1.165) is 11.4 Å². The molecular weight excluding hydrogens is 216 g/mol. The van der Waals surface area contributed by atoms with Gasteiger partial charge in [0.1, 0.15) is 5.01 Å². The molecular formula is C10H7ClN2S. The van der Waals surface area contributed by atoms with Crippen LogP contribution in [0.5, 0.6) is 0 Å². The first-order valence-corrected chi connectivity index (χ1v) is 5.56. The second kappa shape index (κ2) is 3.04. The van der Waals surface area contributed by atoms with E-state index >= 15 is 0 Å². The summed E-state index contributed by atoms with van der Waals surface area (Å²) >= 11 is 7.10. The van der Waals surface area contributed by atoms with E-state index in [-0.39, 0.29) is 0 Å². The van der Waals surface area contributed by atoms with Crippen molar-refractivity contribution in [3.05, 3.63) is 45.7 Å². The molecule has 70 valence electrons. The summed E-state index contributed by atoms with van der Waals surface area (Å²) in [6, 6.07) is 8.45. The second-order valence-corrected chi connectivity index (χ2v) is 4.48. The number of nitrogens with zero attached hydrogens (tertiary/aromatic N) is 2. The smallest absolute Gasteiger partial charge is 0.209 e. The molecule has 0 bridgehead atoms. The first-order valence-electron chi connectivity index (χ1n) is 4.41. The average Bonchev–Trinajstić information content (AvgIpc) is 2.54. The second-order valence-electron chi connectivity index (χ2n) is 3.36. The molecule has 1 aliphatic rings. The number of hydrogen-bond donors (Lipinski definition) is 0. The van der Waals surface area contributed by atoms with Gasteiger partial charge in [0, 0.05) is 5.92 Å². The van der Waals surface area contributed by atoms with E-state index in [1.807, 2.05) is 0 Å². The minimum Gasteiger partial charge on any atom is -0.209 e. The SMILES string of the molecule is Clc1nsc(C2Cc3ccccc32)n1. The molecule has 0 spiro atoms. The Labute approximate surface area is 90.7 Å². The normalized spacial score (nSPS) is 18.8. The highest BCUT2D eigenvalue weighted by Gasteiger charge is 2.29. The van der Waals surface area contributed by atoms with Crippen LogP contribution in [0.4, 0.5) is 0 Å². The highest BCUT2D eigenvalue weighted by molar-refractivity contribution is 7.05. The number of halogens is 1. The molecule has 4 heteroatoms. The monoisotopic (exact) mass is 222 g/mol. The molecule has 0 fully saturated rings. The quantitative estimate of drug-likeness (QED) is 0.742. The summed E-state index contributed by atoms with van der Waals surface area (Å²) in [7, 11) is 0. The van der Waals surface area contributed by atoms with Gasteiger partial charge in [-0.3, -0.25) is 0 Å². The lowest BCUT2D eigenvalue weighted by Crippen LogP contribution is -2.17. The van der Waals surface area contributed by atoms with Crippen LogP contribution < -0.4 is 0 Å². The number of hydrogen-bond acceptors (Lipinski definition) is 3. The zero-order valence-corrected chi connectivity index (χ0v) is 8.85. The van der Waals surface area contributed by atoms with E-state index in [1.54, 1.807) is 0 Å². The highest BCUT2D eigenvalue weighted by Crippen LogP contribution is 2.40. The van der Waals surface area contributed by atoms with E-state index in [1.165, 1.54) is 22.7 Å². The molecule has 0 saturated carbocycles. The molecule has 14 heavy (non-hydrogen) atoms. The lowest BCUT2D eigenvalue weighted by molar-refractivity contribution is 0.702. The predicted molar refractivity (Wildman–Crippen MR) is 56.9 cm³/mol. The summed E-state index contributed by atoms with van der Waals surface area (Å²) in [4.78, 5) is 4.20. The van der Waals surface area contributed by atoms with E-state index in [0.29, 0.717) is 11.2 Å². The third-order valence-electron chi connectivity index (χ3n) is 2.57. The lowest BCUT2D eigenvalue weighted by atomic mass is 9.78. The summed E-state index contributed by atoms with van der Waals surface area (Å²) in [5, 5.41) is 1.41. The molecule has 1 aromatic heterocycles. The van der Waals surface area contributed by atoms with Crippen LogP contribution >= 0.6 is 23.1 Å². The third kappa shape index (κ3) is 1.16. The van der Waals surface area contributed by atoms with Gasteiger partial charge in [-0.05, 0) is 40.7 Å². The van der Waals surface area contributed by atoms with Gasteiger partial charge >= 0.3 is 0 Å². The third-order valence-corrected chi connectivity index (χ3v) is 3.67. The van der Waals surface area contributed by atoms with Gasteiger partial charge in [-0.25, -0.2) is 4.98 Å². The Hall–Kier alpha value is -0.930. The van der Waals surface area contributed by atoms with Crippen LogP contribution in [-0.2, 0) is 6.42 Å². The van der Waals surface area contributed by atoms with Crippen LogP contribution in [-0.4, -0.2) is 9.36 Å². The number of rotatable bonds is 1. The summed E-state index contributed by atoms with van der Waals surface area (Å²) in [5.41, 5.74) is 2.80. The molecule has 2 aromatic rings. The fourth-order valence-corrected chi connectivity index (χ4v) is 2.76. The molecule has 0 aliphatic heterocycles. The maximum atomic E-state index is 5.70. The van der Waals surface area contributed by atoms with Crippen molar-refractivity contribution in [3.8, 4) is 0 Å². The molecule has 1 aliphatic carbocycles. The van der Waals surface area contributed by atoms with Gasteiger partial charge in [0.05, 0.1) is 0 Å². The zero-order valence-electron chi connectivity index (χ0n) is 7.27. The van der Waals surface area contributed by atoms with E-state index in [4.69, 9.17) is 11.6 Å². The van der Waals surface area contributed by atoms with Crippen LogP contribution in [0.3, 0.4) is 0 Å². The summed E-state index contributed by atoms with van der Waals surface area (Å²) in [6.45, 7) is 0. The Morgan fingerprint density at radius 1 is 1.36 bits per heavy atom. The van der Waals surface area contributed by atoms with Crippen molar-refractivity contribution in [1.29, 1.82) is 0 Å². The van der Waals surface area contributed by atoms with Crippen molar-refractivity contribution in [3.63, 3.8) is 0 Å². The molecule has 0 radical (unpaired) electrons. The number of aromatic nitrogens is 2. The van der Waals surface area contributed by atoms with Gasteiger partial charge < -0.3 is 0 Å². The van der Waals surface area contributed by atoms with Gasteiger partial charge in [0.15, 0.2) is 0 Å². The van der Waals surface area contributed by atoms with Gasteiger partial charge in [-0.15, -0.1) is 0 Å². The lowest BCUT2D eigenvalue weighted by Gasteiger charge is -2.27. The molecule has 1 heterocycles. The first-order chi connectivity index (χ1) is 6.84. The Bertz CT molecular complexity index is 480. The van der Waals surface area contributed by atoms with Crippen LogP contribution in [0.25, 0.3) is 0 Å². The van der Waals surface area contributed by atoms with Crippen molar-refractivity contribution >= 4 is 23.1 Å². The van der Waals surface area contributed by atoms with Crippen LogP contribution in [0.1, 0.15) is 22.1 Å². The standard InChI is InChI=1S/C10H7ClN2S/c11-10-12-9(14-13-10)8-5-6-3-1-2-4-7(6)8/h1-4,8H,5H2. The van der Waals surface area contributed by atoms with E-state index in [9.17, 15) is 0 Å². The van der Waals surface area contributed by atoms with Crippen LogP contribution in [0, 0.1) is 0 Å². The van der Waals surface area contributed by atoms with Gasteiger partial charge in [0.2, 0.25) is 5.28 Å². The van der Waals surface area contributed by atoms with Crippen molar-refractivity contribution in [1.82, 2.24) is 9.36 Å². The van der Waals surface area contributed by atoms with Crippen molar-refractivity contribution in [2.45, 2.75) is 12.3 Å². The fraction of sp³-hybridized carbons (Fsp3) is 0.200. The molecule has 0 amide bonds. The first kappa shape index (κ1) is 8.38. The van der Waals surface area contributed by atoms with Crippen LogP contribution in [0.15, 0.2) is 24.3 Å². The van der Waals surface area contributed by atoms with Gasteiger partial charge in [0.25, 0.3) is 0 Å². The van der Waals surface area contributed by atoms with Crippen molar-refractivity contribution in [2.24, 2.45) is 0 Å². The molecule has 1 unspecified atom stereocenters. The maximum absolute atomic E-state index is 5.70. The molecule has 3 rings (SSSR count). The Kier molecular flexibility index (Phi) is 1.82. The Morgan fingerprint density at radius 2 is 2.21 bits per heavy atom. The molecule has 1 aromatic carbocycles. The number of fused-ring (bicyclic) bond motifs is 1. The van der Waals surface area contributed by atoms with E-state index < -0.39 is 0 Å². The van der Waals surface area contributed by atoms with Crippen molar-refractivity contribution < 1.29 is 0 Å². The minimum absolute atomic E-state index is 0.370. The Morgan fingerprint density at radius 3 is 2.93 bits per heavy atom.